The van der Waals surface area contributed by atoms with Crippen LogP contribution in [0.2, 0.25) is 0 Å². The van der Waals surface area contributed by atoms with Gasteiger partial charge < -0.3 is 16.2 Å². The molecule has 0 aromatic heterocycles. The number of aliphatic hydroxyl groups excluding tert-OH is 1. The molecule has 0 aromatic rings. The van der Waals surface area contributed by atoms with Gasteiger partial charge in [0.05, 0.1) is 0 Å². The third-order valence-corrected chi connectivity index (χ3v) is 4.26. The van der Waals surface area contributed by atoms with Crippen molar-refractivity contribution in [3.63, 3.8) is 0 Å². The van der Waals surface area contributed by atoms with E-state index in [-0.39, 0.29) is 12.1 Å². The molecular weight excluding hydrogens is 184 g/mol. The molecule has 0 spiro atoms. The second kappa shape index (κ2) is 5.20. The first-order valence-corrected chi connectivity index (χ1v) is 5.97. The Bertz CT molecular complexity index is 157. The summed E-state index contributed by atoms with van der Waals surface area (Å²) >= 11 is 1.98. The van der Waals surface area contributed by atoms with Crippen molar-refractivity contribution in [2.75, 3.05) is 25.4 Å². The molecule has 78 valence electrons. The maximum Gasteiger partial charge on any atom is 0.0443 e. The van der Waals surface area contributed by atoms with Crippen molar-refractivity contribution in [1.29, 1.82) is 0 Å². The van der Waals surface area contributed by atoms with Gasteiger partial charge in [0.1, 0.15) is 0 Å². The van der Waals surface area contributed by atoms with Crippen LogP contribution in [0.1, 0.15) is 19.8 Å². The van der Waals surface area contributed by atoms with Gasteiger partial charge in [-0.05, 0) is 25.1 Å². The lowest BCUT2D eigenvalue weighted by atomic mass is 9.93. The average Bonchev–Trinajstić information content (AvgIpc) is 2.49. The van der Waals surface area contributed by atoms with Crippen LogP contribution in [-0.4, -0.2) is 41.3 Å². The van der Waals surface area contributed by atoms with Crippen LogP contribution in [-0.2, 0) is 0 Å². The van der Waals surface area contributed by atoms with Crippen molar-refractivity contribution in [3.8, 4) is 0 Å². The Morgan fingerprint density at radius 2 is 2.46 bits per heavy atom. The minimum Gasteiger partial charge on any atom is -0.396 e. The molecule has 0 saturated carbocycles. The molecule has 4 N–H and O–H groups in total. The minimum absolute atomic E-state index is 0.125. The molecule has 1 aliphatic heterocycles. The van der Waals surface area contributed by atoms with Crippen molar-refractivity contribution in [2.24, 2.45) is 5.73 Å². The zero-order chi connectivity index (χ0) is 9.73. The second-order valence-electron chi connectivity index (χ2n) is 3.63. The molecule has 2 atom stereocenters. The number of hydrogen-bond acceptors (Lipinski definition) is 4. The van der Waals surface area contributed by atoms with Crippen molar-refractivity contribution >= 4 is 11.8 Å². The number of hydrogen-bond donors (Lipinski definition) is 3. The lowest BCUT2D eigenvalue weighted by Gasteiger charge is -2.33. The Morgan fingerprint density at radius 3 is 2.92 bits per heavy atom. The SMILES string of the molecule is CC1SCCC1(CN)NCCCO. The van der Waals surface area contributed by atoms with Crippen LogP contribution in [0.15, 0.2) is 0 Å². The standard InChI is InChI=1S/C9H20N2OS/c1-8-9(7-10,3-6-13-8)11-4-2-5-12/h8,11-12H,2-7,10H2,1H3. The minimum atomic E-state index is 0.125. The molecule has 13 heavy (non-hydrogen) atoms. The van der Waals surface area contributed by atoms with Gasteiger partial charge in [0, 0.05) is 23.9 Å². The van der Waals surface area contributed by atoms with Gasteiger partial charge in [-0.25, -0.2) is 0 Å². The van der Waals surface area contributed by atoms with Gasteiger partial charge in [0.2, 0.25) is 0 Å². The topological polar surface area (TPSA) is 58.3 Å². The summed E-state index contributed by atoms with van der Waals surface area (Å²) in [4.78, 5) is 0. The highest BCUT2D eigenvalue weighted by Gasteiger charge is 2.38. The summed E-state index contributed by atoms with van der Waals surface area (Å²) in [6.45, 7) is 4.07. The van der Waals surface area contributed by atoms with Gasteiger partial charge in [-0.3, -0.25) is 0 Å². The summed E-state index contributed by atoms with van der Waals surface area (Å²) in [5, 5.41) is 12.8. The highest BCUT2D eigenvalue weighted by molar-refractivity contribution is 8.00. The van der Waals surface area contributed by atoms with Crippen LogP contribution >= 0.6 is 11.8 Å². The summed E-state index contributed by atoms with van der Waals surface area (Å²) in [5.41, 5.74) is 5.93. The molecule has 4 heteroatoms. The molecule has 3 nitrogen and oxygen atoms in total. The number of rotatable bonds is 5. The van der Waals surface area contributed by atoms with E-state index in [0.717, 1.165) is 19.4 Å². The van der Waals surface area contributed by atoms with E-state index in [4.69, 9.17) is 10.8 Å². The number of nitrogens with two attached hydrogens (primary N) is 1. The summed E-state index contributed by atoms with van der Waals surface area (Å²) in [7, 11) is 0. The predicted molar refractivity (Wildman–Crippen MR) is 58.0 cm³/mol. The third-order valence-electron chi connectivity index (χ3n) is 2.87. The van der Waals surface area contributed by atoms with Gasteiger partial charge in [-0.15, -0.1) is 0 Å². The van der Waals surface area contributed by atoms with Gasteiger partial charge in [-0.1, -0.05) is 6.92 Å². The summed E-state index contributed by atoms with van der Waals surface area (Å²) in [6.07, 6.45) is 1.97. The zero-order valence-corrected chi connectivity index (χ0v) is 9.07. The molecule has 1 rings (SSSR count). The molecule has 0 bridgehead atoms. The lowest BCUT2D eigenvalue weighted by Crippen LogP contribution is -2.55. The fourth-order valence-corrected chi connectivity index (χ4v) is 3.22. The maximum atomic E-state index is 8.69. The molecule has 0 amide bonds. The molecule has 0 aromatic carbocycles. The second-order valence-corrected chi connectivity index (χ2v) is 5.08. The first-order chi connectivity index (χ1) is 6.25. The predicted octanol–water partition coefficient (Wildman–Crippen LogP) is 0.181. The molecule has 1 saturated heterocycles. The van der Waals surface area contributed by atoms with E-state index < -0.39 is 0 Å². The molecule has 0 radical (unpaired) electrons. The Hall–Kier alpha value is 0.230. The van der Waals surface area contributed by atoms with E-state index in [1.807, 2.05) is 11.8 Å². The normalized spacial score (nSPS) is 33.9. The number of thioether (sulfide) groups is 1. The first kappa shape index (κ1) is 11.3. The molecule has 1 fully saturated rings. The van der Waals surface area contributed by atoms with Crippen LogP contribution in [0.3, 0.4) is 0 Å². The van der Waals surface area contributed by atoms with Crippen LogP contribution < -0.4 is 11.1 Å². The summed E-state index contributed by atoms with van der Waals surface area (Å²) in [5.74, 6) is 1.20. The molecular formula is C9H20N2OS. The van der Waals surface area contributed by atoms with E-state index in [1.165, 1.54) is 5.75 Å². The zero-order valence-electron chi connectivity index (χ0n) is 8.25. The highest BCUT2D eigenvalue weighted by Crippen LogP contribution is 2.34. The largest absolute Gasteiger partial charge is 0.396 e. The van der Waals surface area contributed by atoms with E-state index in [2.05, 4.69) is 12.2 Å². The summed E-state index contributed by atoms with van der Waals surface area (Å²) in [6, 6.07) is 0. The average molecular weight is 204 g/mol. The Kier molecular flexibility index (Phi) is 4.52. The smallest absolute Gasteiger partial charge is 0.0443 e. The number of nitrogens with one attached hydrogen (secondary N) is 1. The van der Waals surface area contributed by atoms with Crippen LogP contribution in [0.25, 0.3) is 0 Å². The van der Waals surface area contributed by atoms with Gasteiger partial charge in [0.15, 0.2) is 0 Å². The maximum absolute atomic E-state index is 8.69. The lowest BCUT2D eigenvalue weighted by molar-refractivity contribution is 0.266. The van der Waals surface area contributed by atoms with Crippen molar-refractivity contribution in [2.45, 2.75) is 30.6 Å². The Labute approximate surface area is 84.5 Å². The van der Waals surface area contributed by atoms with Gasteiger partial charge in [-0.2, -0.15) is 11.8 Å². The van der Waals surface area contributed by atoms with E-state index >= 15 is 0 Å². The van der Waals surface area contributed by atoms with E-state index in [9.17, 15) is 0 Å². The van der Waals surface area contributed by atoms with E-state index in [1.54, 1.807) is 0 Å². The highest BCUT2D eigenvalue weighted by atomic mass is 32.2. The molecule has 0 aliphatic carbocycles. The van der Waals surface area contributed by atoms with Crippen LogP contribution in [0, 0.1) is 0 Å². The van der Waals surface area contributed by atoms with Crippen molar-refractivity contribution in [1.82, 2.24) is 5.32 Å². The van der Waals surface area contributed by atoms with Crippen LogP contribution in [0.5, 0.6) is 0 Å². The summed E-state index contributed by atoms with van der Waals surface area (Å²) < 4.78 is 0. The third kappa shape index (κ3) is 2.59. The van der Waals surface area contributed by atoms with Gasteiger partial charge in [0.25, 0.3) is 0 Å². The molecule has 1 aliphatic rings. The fraction of sp³-hybridized carbons (Fsp3) is 1.00. The molecule has 2 unspecified atom stereocenters. The Balaban J connectivity index is 2.39. The number of aliphatic hydroxyl groups is 1. The van der Waals surface area contributed by atoms with Crippen LogP contribution in [0.4, 0.5) is 0 Å². The fourth-order valence-electron chi connectivity index (χ4n) is 1.77. The monoisotopic (exact) mass is 204 g/mol. The van der Waals surface area contributed by atoms with Crippen molar-refractivity contribution < 1.29 is 5.11 Å². The molecule has 1 heterocycles. The van der Waals surface area contributed by atoms with Gasteiger partial charge >= 0.3 is 0 Å². The van der Waals surface area contributed by atoms with E-state index in [0.29, 0.717) is 11.8 Å². The van der Waals surface area contributed by atoms with Crippen molar-refractivity contribution in [3.05, 3.63) is 0 Å². The quantitative estimate of drug-likeness (QED) is 0.559. The Morgan fingerprint density at radius 1 is 1.69 bits per heavy atom. The first-order valence-electron chi connectivity index (χ1n) is 4.93.